The summed E-state index contributed by atoms with van der Waals surface area (Å²) in [6.07, 6.45) is -1.31. The van der Waals surface area contributed by atoms with Gasteiger partial charge < -0.3 is 26.0 Å². The van der Waals surface area contributed by atoms with Crippen LogP contribution in [0.1, 0.15) is 69.3 Å². The third-order valence-corrected chi connectivity index (χ3v) is 5.86. The van der Waals surface area contributed by atoms with Crippen molar-refractivity contribution < 1.29 is 23.9 Å². The summed E-state index contributed by atoms with van der Waals surface area (Å²) in [5.74, 6) is -1.78. The fourth-order valence-corrected chi connectivity index (χ4v) is 4.25. The van der Waals surface area contributed by atoms with Crippen LogP contribution in [0, 0.1) is 13.8 Å². The highest BCUT2D eigenvalue weighted by Crippen LogP contribution is 2.30. The predicted octanol–water partition coefficient (Wildman–Crippen LogP) is 3.67. The van der Waals surface area contributed by atoms with E-state index in [0.717, 1.165) is 16.7 Å². The molecule has 2 aromatic carbocycles. The number of hydrogen-bond donors (Lipinski definition) is 3. The molecule has 0 radical (unpaired) electrons. The molecule has 0 aliphatic rings. The molecule has 4 N–H and O–H groups in total. The van der Waals surface area contributed by atoms with Gasteiger partial charge in [0.05, 0.1) is 6.42 Å². The second kappa shape index (κ2) is 13.1. The summed E-state index contributed by atoms with van der Waals surface area (Å²) in [6, 6.07) is 12.3. The van der Waals surface area contributed by atoms with E-state index in [-0.39, 0.29) is 12.5 Å². The summed E-state index contributed by atoms with van der Waals surface area (Å²) >= 11 is 0. The zero-order valence-electron chi connectivity index (χ0n) is 23.3. The van der Waals surface area contributed by atoms with Gasteiger partial charge in [0.15, 0.2) is 0 Å². The van der Waals surface area contributed by atoms with E-state index in [1.807, 2.05) is 62.4 Å². The number of carbonyl (C=O) groups excluding carboxylic acids is 4. The first kappa shape index (κ1) is 30.3. The van der Waals surface area contributed by atoms with Crippen LogP contribution in [0.5, 0.6) is 0 Å². The molecule has 0 fully saturated rings. The standard InChI is InChI=1S/C29H40N4O5/c1-18(2)33(27(36)22(16-23(30)34)32-28(37)38-29(5,6)7)25(24-19(3)12-11-13-20(24)4)26(35)31-17-21-14-9-8-10-15-21/h8-15,18,22,25H,16-17H2,1-7H3,(H2,30,34)(H,31,35)(H,32,37). The third-order valence-electron chi connectivity index (χ3n) is 5.86. The van der Waals surface area contributed by atoms with E-state index in [1.165, 1.54) is 4.90 Å². The largest absolute Gasteiger partial charge is 0.444 e. The van der Waals surface area contributed by atoms with E-state index < -0.39 is 48.1 Å². The molecule has 4 amide bonds. The highest BCUT2D eigenvalue weighted by Gasteiger charge is 2.39. The molecule has 2 rings (SSSR count). The second-order valence-electron chi connectivity index (χ2n) is 10.6. The molecule has 0 saturated carbocycles. The molecule has 0 aromatic heterocycles. The molecular formula is C29H40N4O5. The molecule has 0 aliphatic carbocycles. The first-order valence-corrected chi connectivity index (χ1v) is 12.7. The molecular weight excluding hydrogens is 484 g/mol. The van der Waals surface area contributed by atoms with E-state index in [4.69, 9.17) is 10.5 Å². The first-order valence-electron chi connectivity index (χ1n) is 12.7. The minimum atomic E-state index is -1.32. The number of nitrogens with zero attached hydrogens (tertiary/aromatic N) is 1. The van der Waals surface area contributed by atoms with Gasteiger partial charge in [-0.1, -0.05) is 48.5 Å². The van der Waals surface area contributed by atoms with Gasteiger partial charge in [-0.25, -0.2) is 4.79 Å². The molecule has 0 aliphatic heterocycles. The van der Waals surface area contributed by atoms with E-state index in [2.05, 4.69) is 10.6 Å². The molecule has 38 heavy (non-hydrogen) atoms. The van der Waals surface area contributed by atoms with Crippen LogP contribution in [-0.4, -0.2) is 46.4 Å². The Morgan fingerprint density at radius 1 is 0.947 bits per heavy atom. The number of hydrogen-bond acceptors (Lipinski definition) is 5. The van der Waals surface area contributed by atoms with Gasteiger partial charge in [0, 0.05) is 12.6 Å². The molecule has 206 valence electrons. The Labute approximate surface area is 225 Å². The molecule has 0 saturated heterocycles. The van der Waals surface area contributed by atoms with Crippen LogP contribution in [0.4, 0.5) is 4.79 Å². The number of ether oxygens (including phenoxy) is 1. The van der Waals surface area contributed by atoms with Crippen molar-refractivity contribution in [2.75, 3.05) is 0 Å². The van der Waals surface area contributed by atoms with Crippen molar-refractivity contribution in [2.24, 2.45) is 5.73 Å². The van der Waals surface area contributed by atoms with Crippen molar-refractivity contribution in [3.05, 3.63) is 70.8 Å². The van der Waals surface area contributed by atoms with Crippen molar-refractivity contribution >= 4 is 23.8 Å². The van der Waals surface area contributed by atoms with Gasteiger partial charge >= 0.3 is 6.09 Å². The normalized spacial score (nSPS) is 12.8. The lowest BCUT2D eigenvalue weighted by Crippen LogP contribution is -2.56. The topological polar surface area (TPSA) is 131 Å². The lowest BCUT2D eigenvalue weighted by atomic mass is 9.92. The summed E-state index contributed by atoms with van der Waals surface area (Å²) < 4.78 is 5.31. The molecule has 2 atom stereocenters. The Morgan fingerprint density at radius 3 is 2.03 bits per heavy atom. The van der Waals surface area contributed by atoms with Crippen LogP contribution < -0.4 is 16.4 Å². The number of rotatable bonds is 10. The van der Waals surface area contributed by atoms with Crippen molar-refractivity contribution in [3.63, 3.8) is 0 Å². The monoisotopic (exact) mass is 524 g/mol. The van der Waals surface area contributed by atoms with Gasteiger partial charge in [0.25, 0.3) is 0 Å². The molecule has 0 spiro atoms. The van der Waals surface area contributed by atoms with Crippen molar-refractivity contribution in [1.82, 2.24) is 15.5 Å². The summed E-state index contributed by atoms with van der Waals surface area (Å²) in [7, 11) is 0. The number of aryl methyl sites for hydroxylation is 2. The SMILES string of the molecule is Cc1cccc(C)c1C(C(=O)NCc1ccccc1)N(C(=O)C(CC(N)=O)NC(=O)OC(C)(C)C)C(C)C. The average molecular weight is 525 g/mol. The van der Waals surface area contributed by atoms with Crippen LogP contribution in [0.15, 0.2) is 48.5 Å². The summed E-state index contributed by atoms with van der Waals surface area (Å²) in [4.78, 5) is 53.7. The van der Waals surface area contributed by atoms with Gasteiger partial charge in [0.2, 0.25) is 17.7 Å². The summed E-state index contributed by atoms with van der Waals surface area (Å²) in [5, 5.41) is 5.44. The minimum absolute atomic E-state index is 0.266. The van der Waals surface area contributed by atoms with Crippen LogP contribution in [0.3, 0.4) is 0 Å². The van der Waals surface area contributed by atoms with E-state index in [9.17, 15) is 19.2 Å². The lowest BCUT2D eigenvalue weighted by molar-refractivity contribution is -0.145. The molecule has 9 nitrogen and oxygen atoms in total. The summed E-state index contributed by atoms with van der Waals surface area (Å²) in [6.45, 7) is 12.6. The quantitative estimate of drug-likeness (QED) is 0.437. The highest BCUT2D eigenvalue weighted by molar-refractivity contribution is 5.95. The zero-order valence-corrected chi connectivity index (χ0v) is 23.3. The molecule has 2 unspecified atom stereocenters. The van der Waals surface area contributed by atoms with Crippen LogP contribution in [0.25, 0.3) is 0 Å². The van der Waals surface area contributed by atoms with Crippen LogP contribution >= 0.6 is 0 Å². The zero-order chi connectivity index (χ0) is 28.6. The summed E-state index contributed by atoms with van der Waals surface area (Å²) in [5.41, 5.74) is 7.86. The number of amides is 4. The Kier molecular flexibility index (Phi) is 10.4. The Morgan fingerprint density at radius 2 is 1.53 bits per heavy atom. The number of nitrogens with two attached hydrogens (primary N) is 1. The molecule has 0 heterocycles. The predicted molar refractivity (Wildman–Crippen MR) is 146 cm³/mol. The number of benzene rings is 2. The first-order chi connectivity index (χ1) is 17.7. The molecule has 0 bridgehead atoms. The molecule has 9 heteroatoms. The van der Waals surface area contributed by atoms with Crippen LogP contribution in [0.2, 0.25) is 0 Å². The number of carbonyl (C=O) groups is 4. The average Bonchev–Trinajstić information content (AvgIpc) is 2.80. The smallest absolute Gasteiger partial charge is 0.408 e. The van der Waals surface area contributed by atoms with Gasteiger partial charge in [0.1, 0.15) is 17.7 Å². The van der Waals surface area contributed by atoms with Gasteiger partial charge in [-0.3, -0.25) is 14.4 Å². The Hall–Kier alpha value is -3.88. The maximum Gasteiger partial charge on any atom is 0.408 e. The van der Waals surface area contributed by atoms with E-state index in [0.29, 0.717) is 5.56 Å². The highest BCUT2D eigenvalue weighted by atomic mass is 16.6. The number of primary amides is 1. The number of alkyl carbamates (subject to hydrolysis) is 1. The maximum atomic E-state index is 14.0. The van der Waals surface area contributed by atoms with Crippen LogP contribution in [-0.2, 0) is 25.7 Å². The van der Waals surface area contributed by atoms with E-state index in [1.54, 1.807) is 34.6 Å². The van der Waals surface area contributed by atoms with Crippen molar-refractivity contribution in [1.29, 1.82) is 0 Å². The fourth-order valence-electron chi connectivity index (χ4n) is 4.25. The van der Waals surface area contributed by atoms with Crippen molar-refractivity contribution in [3.8, 4) is 0 Å². The number of nitrogens with one attached hydrogen (secondary N) is 2. The maximum absolute atomic E-state index is 14.0. The third kappa shape index (κ3) is 8.61. The lowest BCUT2D eigenvalue weighted by Gasteiger charge is -2.38. The van der Waals surface area contributed by atoms with Crippen molar-refractivity contribution in [2.45, 2.75) is 85.2 Å². The Balaban J connectivity index is 2.52. The fraction of sp³-hybridized carbons (Fsp3) is 0.448. The minimum Gasteiger partial charge on any atom is -0.444 e. The Bertz CT molecular complexity index is 1120. The van der Waals surface area contributed by atoms with Gasteiger partial charge in [-0.05, 0) is 70.7 Å². The van der Waals surface area contributed by atoms with Gasteiger partial charge in [-0.2, -0.15) is 0 Å². The van der Waals surface area contributed by atoms with Gasteiger partial charge in [-0.15, -0.1) is 0 Å². The second-order valence-corrected chi connectivity index (χ2v) is 10.6. The molecule has 2 aromatic rings. The van der Waals surface area contributed by atoms with E-state index >= 15 is 0 Å².